The van der Waals surface area contributed by atoms with Gasteiger partial charge in [0, 0.05) is 22.0 Å². The van der Waals surface area contributed by atoms with Crippen molar-refractivity contribution in [2.45, 2.75) is 6.42 Å². The minimum atomic E-state index is 0.903. The van der Waals surface area contributed by atoms with E-state index in [0.29, 0.717) is 0 Å². The van der Waals surface area contributed by atoms with Crippen molar-refractivity contribution >= 4 is 66.3 Å². The third-order valence-corrected chi connectivity index (χ3v) is 10.9. The van der Waals surface area contributed by atoms with E-state index in [-0.39, 0.29) is 0 Å². The first-order valence-electron chi connectivity index (χ1n) is 18.0. The number of fused-ring (bicyclic) bond motifs is 5. The molecule has 0 amide bonds. The Hall–Kier alpha value is -6.77. The third kappa shape index (κ3) is 4.22. The lowest BCUT2D eigenvalue weighted by molar-refractivity contribution is 1.11. The highest BCUT2D eigenvalue weighted by Crippen LogP contribution is 2.47. The number of hydrogen-bond acceptors (Lipinski definition) is 1. The van der Waals surface area contributed by atoms with Gasteiger partial charge >= 0.3 is 0 Å². The van der Waals surface area contributed by atoms with Gasteiger partial charge < -0.3 is 0 Å². The maximum Gasteiger partial charge on any atom is 0.145 e. The molecular formula is C50H32N2. The number of imidazole rings is 1. The minimum absolute atomic E-state index is 0.903. The minimum Gasteiger partial charge on any atom is -0.292 e. The molecule has 0 bridgehead atoms. The van der Waals surface area contributed by atoms with Crippen molar-refractivity contribution in [1.29, 1.82) is 0 Å². The molecule has 0 spiro atoms. The molecule has 52 heavy (non-hydrogen) atoms. The van der Waals surface area contributed by atoms with Gasteiger partial charge in [0.15, 0.2) is 0 Å². The van der Waals surface area contributed by atoms with Crippen LogP contribution in [0.4, 0.5) is 0 Å². The molecule has 2 nitrogen and oxygen atoms in total. The Labute approximate surface area is 301 Å². The van der Waals surface area contributed by atoms with Crippen LogP contribution in [0.3, 0.4) is 0 Å². The van der Waals surface area contributed by atoms with Gasteiger partial charge in [-0.15, -0.1) is 0 Å². The fraction of sp³-hybridized carbons (Fsp3) is 0.0200. The summed E-state index contributed by atoms with van der Waals surface area (Å²) in [5.41, 5.74) is 11.8. The summed E-state index contributed by atoms with van der Waals surface area (Å²) in [5.74, 6) is 0.936. The van der Waals surface area contributed by atoms with Crippen molar-refractivity contribution < 1.29 is 0 Å². The van der Waals surface area contributed by atoms with E-state index >= 15 is 0 Å². The monoisotopic (exact) mass is 660 g/mol. The number of para-hydroxylation sites is 1. The third-order valence-electron chi connectivity index (χ3n) is 10.9. The van der Waals surface area contributed by atoms with Gasteiger partial charge in [0.1, 0.15) is 5.82 Å². The van der Waals surface area contributed by atoms with Gasteiger partial charge in [0.2, 0.25) is 0 Å². The summed E-state index contributed by atoms with van der Waals surface area (Å²) < 4.78 is 2.40. The number of allylic oxidation sites excluding steroid dienone is 2. The Bertz CT molecular complexity index is 3060. The van der Waals surface area contributed by atoms with Crippen LogP contribution in [-0.2, 0) is 0 Å². The van der Waals surface area contributed by atoms with Crippen LogP contribution in [0.25, 0.3) is 106 Å². The molecule has 242 valence electrons. The normalized spacial score (nSPS) is 12.8. The molecule has 2 heteroatoms. The topological polar surface area (TPSA) is 17.8 Å². The van der Waals surface area contributed by atoms with Crippen molar-refractivity contribution in [2.24, 2.45) is 0 Å². The molecule has 0 N–H and O–H groups in total. The predicted octanol–water partition coefficient (Wildman–Crippen LogP) is 13.5. The van der Waals surface area contributed by atoms with E-state index < -0.39 is 0 Å². The maximum atomic E-state index is 5.64. The summed E-state index contributed by atoms with van der Waals surface area (Å²) >= 11 is 0. The van der Waals surface area contributed by atoms with Crippen LogP contribution >= 0.6 is 0 Å². The highest BCUT2D eigenvalue weighted by Gasteiger charge is 2.24. The molecular weight excluding hydrogens is 629 g/mol. The van der Waals surface area contributed by atoms with Crippen molar-refractivity contribution in [3.05, 3.63) is 181 Å². The lowest BCUT2D eigenvalue weighted by atomic mass is 9.83. The Morgan fingerprint density at radius 2 is 1.02 bits per heavy atom. The zero-order chi connectivity index (χ0) is 34.2. The summed E-state index contributed by atoms with van der Waals surface area (Å²) in [6.07, 6.45) is 10.1. The van der Waals surface area contributed by atoms with Crippen molar-refractivity contribution in [2.75, 3.05) is 0 Å². The van der Waals surface area contributed by atoms with E-state index in [1.54, 1.807) is 0 Å². The van der Waals surface area contributed by atoms with Crippen LogP contribution in [0.5, 0.6) is 0 Å². The second kappa shape index (κ2) is 11.4. The van der Waals surface area contributed by atoms with Crippen LogP contribution in [0, 0.1) is 0 Å². The average Bonchev–Trinajstić information content (AvgIpc) is 3.46. The Kier molecular flexibility index (Phi) is 6.35. The number of rotatable bonds is 4. The Balaban J connectivity index is 1.31. The van der Waals surface area contributed by atoms with E-state index in [9.17, 15) is 0 Å². The largest absolute Gasteiger partial charge is 0.292 e. The van der Waals surface area contributed by atoms with Crippen LogP contribution in [0.2, 0.25) is 0 Å². The van der Waals surface area contributed by atoms with Gasteiger partial charge in [0.05, 0.1) is 11.0 Å². The zero-order valence-electron chi connectivity index (χ0n) is 28.4. The molecule has 9 aromatic carbocycles. The Morgan fingerprint density at radius 3 is 1.67 bits per heavy atom. The van der Waals surface area contributed by atoms with Crippen LogP contribution < -0.4 is 0 Å². The molecule has 0 radical (unpaired) electrons. The summed E-state index contributed by atoms with van der Waals surface area (Å²) in [4.78, 5) is 5.64. The van der Waals surface area contributed by atoms with E-state index in [1.807, 2.05) is 0 Å². The fourth-order valence-electron chi connectivity index (χ4n) is 8.72. The first kappa shape index (κ1) is 29.0. The molecule has 1 aliphatic rings. The maximum absolute atomic E-state index is 5.64. The van der Waals surface area contributed by atoms with Gasteiger partial charge in [-0.05, 0) is 90.3 Å². The zero-order valence-corrected chi connectivity index (χ0v) is 28.4. The van der Waals surface area contributed by atoms with Gasteiger partial charge in [-0.3, -0.25) is 4.57 Å². The lowest BCUT2D eigenvalue weighted by Gasteiger charge is -2.21. The molecule has 0 unspecified atom stereocenters. The van der Waals surface area contributed by atoms with Crippen LogP contribution in [0.1, 0.15) is 17.5 Å². The Morgan fingerprint density at radius 1 is 0.442 bits per heavy atom. The summed E-state index contributed by atoms with van der Waals surface area (Å²) in [6, 6.07) is 57.3. The molecule has 1 aromatic heterocycles. The molecule has 0 aliphatic heterocycles. The van der Waals surface area contributed by atoms with Crippen molar-refractivity contribution in [3.8, 4) is 39.3 Å². The average molecular weight is 661 g/mol. The molecule has 1 aliphatic carbocycles. The highest BCUT2D eigenvalue weighted by atomic mass is 15.1. The molecule has 0 saturated carbocycles. The van der Waals surface area contributed by atoms with Gasteiger partial charge in [0.25, 0.3) is 0 Å². The van der Waals surface area contributed by atoms with E-state index in [4.69, 9.17) is 4.98 Å². The van der Waals surface area contributed by atoms with Crippen molar-refractivity contribution in [3.63, 3.8) is 0 Å². The van der Waals surface area contributed by atoms with Gasteiger partial charge in [-0.2, -0.15) is 0 Å². The van der Waals surface area contributed by atoms with Crippen molar-refractivity contribution in [1.82, 2.24) is 9.55 Å². The van der Waals surface area contributed by atoms with Crippen LogP contribution in [-0.4, -0.2) is 9.55 Å². The van der Waals surface area contributed by atoms with Gasteiger partial charge in [-0.1, -0.05) is 164 Å². The number of nitrogens with zero attached hydrogens (tertiary/aromatic N) is 2. The second-order valence-corrected chi connectivity index (χ2v) is 13.8. The SMILES string of the molecule is C1=Cc2c(c(-c3ccccc3)c3cc(-c4nc5c6cccc7ccc8cccc(c8c76)c5n4-c4ccccc4)ccc3c2-c2ccccc2)C=CC1. The van der Waals surface area contributed by atoms with E-state index in [2.05, 4.69) is 187 Å². The second-order valence-electron chi connectivity index (χ2n) is 13.8. The number of aromatic nitrogens is 2. The number of hydrogen-bond donors (Lipinski definition) is 0. The molecule has 10 aromatic rings. The smallest absolute Gasteiger partial charge is 0.145 e. The first-order chi connectivity index (χ1) is 25.8. The molecule has 0 atom stereocenters. The highest BCUT2D eigenvalue weighted by molar-refractivity contribution is 6.33. The summed E-state index contributed by atoms with van der Waals surface area (Å²) in [5, 5.41) is 9.93. The molecule has 0 fully saturated rings. The van der Waals surface area contributed by atoms with Crippen LogP contribution in [0.15, 0.2) is 170 Å². The standard InChI is InChI=1S/C50H32N2/c1-5-15-32(16-6-1)44-38-23-11-4-12-24-39(38)45(33-17-7-2-8-18-33)43-31-36(29-30-40(43)44)50-51-48-41-25-13-19-34-27-28-35-20-14-26-42(47(35)46(34)41)49(48)52(50)37-21-9-3-10-22-37/h1-3,5-31H,4H2. The first-order valence-corrected chi connectivity index (χ1v) is 18.0. The lowest BCUT2D eigenvalue weighted by Crippen LogP contribution is -1.99. The number of benzene rings is 9. The predicted molar refractivity (Wildman–Crippen MR) is 221 cm³/mol. The molecule has 11 rings (SSSR count). The molecule has 1 heterocycles. The van der Waals surface area contributed by atoms with E-state index in [0.717, 1.165) is 34.5 Å². The van der Waals surface area contributed by atoms with E-state index in [1.165, 1.54) is 76.5 Å². The quantitative estimate of drug-likeness (QED) is 0.172. The summed E-state index contributed by atoms with van der Waals surface area (Å²) in [7, 11) is 0. The fourth-order valence-corrected chi connectivity index (χ4v) is 8.72. The summed E-state index contributed by atoms with van der Waals surface area (Å²) in [6.45, 7) is 0. The molecule has 0 saturated heterocycles. The van der Waals surface area contributed by atoms with Gasteiger partial charge in [-0.25, -0.2) is 4.98 Å².